The zero-order valence-corrected chi connectivity index (χ0v) is 19.8. The zero-order valence-electron chi connectivity index (χ0n) is 16.6. The first kappa shape index (κ1) is 22.6. The van der Waals surface area contributed by atoms with E-state index in [9.17, 15) is 24.5 Å². The number of hydrogen-bond acceptors (Lipinski definition) is 6. The van der Waals surface area contributed by atoms with Crippen LogP contribution in [0, 0.1) is 22.0 Å². The Kier molecular flexibility index (Phi) is 6.43. The van der Waals surface area contributed by atoms with Gasteiger partial charge in [-0.2, -0.15) is 0 Å². The van der Waals surface area contributed by atoms with Crippen molar-refractivity contribution >= 4 is 61.0 Å². The van der Waals surface area contributed by atoms with Crippen molar-refractivity contribution in [2.75, 3.05) is 4.90 Å². The molecule has 0 aromatic heterocycles. The third-order valence-electron chi connectivity index (χ3n) is 5.82. The van der Waals surface area contributed by atoms with Crippen LogP contribution in [-0.4, -0.2) is 32.4 Å². The van der Waals surface area contributed by atoms with Gasteiger partial charge in [-0.25, -0.2) is 4.79 Å². The number of benzene rings is 2. The molecule has 4 atom stereocenters. The lowest BCUT2D eigenvalue weighted by Crippen LogP contribution is -2.34. The van der Waals surface area contributed by atoms with Crippen LogP contribution in [0.5, 0.6) is 0 Å². The van der Waals surface area contributed by atoms with Gasteiger partial charge in [0.1, 0.15) is 6.61 Å². The Hall–Kier alpha value is -2.59. The molecule has 1 heterocycles. The van der Waals surface area contributed by atoms with Gasteiger partial charge in [0.25, 0.3) is 5.69 Å². The first-order valence-corrected chi connectivity index (χ1v) is 11.8. The topological polar surface area (TPSA) is 107 Å². The molecular formula is C22H18Br2N2O6. The van der Waals surface area contributed by atoms with Crippen LogP contribution in [0.15, 0.2) is 48.5 Å². The van der Waals surface area contributed by atoms with E-state index in [-0.39, 0.29) is 56.7 Å². The van der Waals surface area contributed by atoms with Gasteiger partial charge in [-0.05, 0) is 43.2 Å². The molecule has 0 unspecified atom stereocenters. The number of hydrogen-bond donors (Lipinski definition) is 0. The first-order chi connectivity index (χ1) is 15.3. The molecule has 0 spiro atoms. The van der Waals surface area contributed by atoms with Gasteiger partial charge in [-0.1, -0.05) is 44.0 Å². The Morgan fingerprint density at radius 3 is 2.12 bits per heavy atom. The van der Waals surface area contributed by atoms with E-state index in [1.165, 1.54) is 47.4 Å². The predicted octanol–water partition coefficient (Wildman–Crippen LogP) is 4.38. The summed E-state index contributed by atoms with van der Waals surface area (Å²) in [7, 11) is 0. The van der Waals surface area contributed by atoms with Crippen LogP contribution in [0.2, 0.25) is 0 Å². The van der Waals surface area contributed by atoms with Crippen LogP contribution in [0.1, 0.15) is 28.8 Å². The number of anilines is 1. The van der Waals surface area contributed by atoms with Crippen molar-refractivity contribution in [3.63, 3.8) is 0 Å². The summed E-state index contributed by atoms with van der Waals surface area (Å²) in [6.45, 7) is -0.244. The second kappa shape index (κ2) is 9.11. The summed E-state index contributed by atoms with van der Waals surface area (Å²) >= 11 is 7.13. The van der Waals surface area contributed by atoms with Gasteiger partial charge >= 0.3 is 5.97 Å². The molecule has 2 aromatic rings. The lowest BCUT2D eigenvalue weighted by molar-refractivity contribution is -0.385. The van der Waals surface area contributed by atoms with Crippen molar-refractivity contribution in [1.29, 1.82) is 0 Å². The number of esters is 1. The fourth-order valence-electron chi connectivity index (χ4n) is 4.13. The summed E-state index contributed by atoms with van der Waals surface area (Å²) < 4.78 is 5.21. The Balaban J connectivity index is 1.45. The lowest BCUT2D eigenvalue weighted by atomic mass is 9.81. The molecule has 1 saturated heterocycles. The van der Waals surface area contributed by atoms with Crippen LogP contribution < -0.4 is 4.90 Å². The Morgan fingerprint density at radius 2 is 1.56 bits per heavy atom. The van der Waals surface area contributed by atoms with E-state index >= 15 is 0 Å². The largest absolute Gasteiger partial charge is 0.457 e. The molecule has 4 rings (SSSR count). The third kappa shape index (κ3) is 4.21. The van der Waals surface area contributed by atoms with E-state index < -0.39 is 10.9 Å². The number of ether oxygens (including phenoxy) is 1. The first-order valence-electron chi connectivity index (χ1n) is 9.93. The smallest absolute Gasteiger partial charge is 0.338 e. The summed E-state index contributed by atoms with van der Waals surface area (Å²) in [4.78, 5) is 50.2. The van der Waals surface area contributed by atoms with E-state index in [2.05, 4.69) is 31.9 Å². The monoisotopic (exact) mass is 564 g/mol. The summed E-state index contributed by atoms with van der Waals surface area (Å²) in [5.41, 5.74) is 0.778. The molecule has 166 valence electrons. The number of alkyl halides is 2. The highest BCUT2D eigenvalue weighted by molar-refractivity contribution is 9.12. The normalized spacial score (nSPS) is 24.9. The van der Waals surface area contributed by atoms with Crippen LogP contribution in [-0.2, 0) is 20.9 Å². The Labute approximate surface area is 200 Å². The lowest BCUT2D eigenvalue weighted by Gasteiger charge is -2.29. The second-order valence-electron chi connectivity index (χ2n) is 7.74. The summed E-state index contributed by atoms with van der Waals surface area (Å²) in [6.07, 6.45) is 1.16. The van der Waals surface area contributed by atoms with Crippen LogP contribution >= 0.6 is 31.9 Å². The molecule has 2 aromatic carbocycles. The molecule has 2 aliphatic rings. The molecule has 1 aliphatic heterocycles. The molecule has 1 aliphatic carbocycles. The number of nitro benzene ring substituents is 1. The molecule has 0 N–H and O–H groups in total. The highest BCUT2D eigenvalue weighted by Crippen LogP contribution is 2.44. The molecular weight excluding hydrogens is 548 g/mol. The molecule has 10 heteroatoms. The number of imide groups is 1. The SMILES string of the molecule is O=C(OCc1ccccc1[N+](=O)[O-])c1ccc(N2C(=O)[C@H]3C[C@H](Br)[C@@H](Br)C[C@H]3C2=O)cc1. The van der Waals surface area contributed by atoms with E-state index in [4.69, 9.17) is 4.74 Å². The minimum Gasteiger partial charge on any atom is -0.457 e. The van der Waals surface area contributed by atoms with Crippen molar-refractivity contribution < 1.29 is 24.0 Å². The standard InChI is InChI=1S/C22H18Br2N2O6/c23-17-9-15-16(10-18(17)24)21(28)25(20(15)27)14-7-5-12(6-8-14)22(29)32-11-13-3-1-2-4-19(13)26(30)31/h1-8,15-18H,9-11H2/t15-,16+,17-,18-/m0/s1. The number of nitrogens with zero attached hydrogens (tertiary/aromatic N) is 2. The number of fused-ring (bicyclic) bond motifs is 1. The average Bonchev–Trinajstić information content (AvgIpc) is 3.02. The Bertz CT molecular complexity index is 1060. The van der Waals surface area contributed by atoms with Gasteiger partial charge < -0.3 is 4.74 Å². The molecule has 2 amide bonds. The maximum atomic E-state index is 12.9. The predicted molar refractivity (Wildman–Crippen MR) is 123 cm³/mol. The summed E-state index contributed by atoms with van der Waals surface area (Å²) in [6, 6.07) is 12.0. The van der Waals surface area contributed by atoms with Crippen molar-refractivity contribution in [3.05, 3.63) is 69.8 Å². The summed E-state index contributed by atoms with van der Waals surface area (Å²) in [5.74, 6) is -1.82. The highest BCUT2D eigenvalue weighted by atomic mass is 79.9. The molecule has 0 radical (unpaired) electrons. The van der Waals surface area contributed by atoms with E-state index in [0.29, 0.717) is 18.5 Å². The van der Waals surface area contributed by atoms with Gasteiger partial charge in [0, 0.05) is 15.7 Å². The van der Waals surface area contributed by atoms with Crippen molar-refractivity contribution in [2.24, 2.45) is 11.8 Å². The number of para-hydroxylation sites is 1. The number of carbonyl (C=O) groups excluding carboxylic acids is 3. The second-order valence-corrected chi connectivity index (χ2v) is 10.1. The molecule has 0 bridgehead atoms. The number of carbonyl (C=O) groups is 3. The maximum Gasteiger partial charge on any atom is 0.338 e. The molecule has 32 heavy (non-hydrogen) atoms. The van der Waals surface area contributed by atoms with Crippen LogP contribution in [0.25, 0.3) is 0 Å². The van der Waals surface area contributed by atoms with Gasteiger partial charge in [-0.3, -0.25) is 24.6 Å². The fourth-order valence-corrected chi connectivity index (χ4v) is 5.37. The van der Waals surface area contributed by atoms with Gasteiger partial charge in [-0.15, -0.1) is 0 Å². The molecule has 2 fully saturated rings. The van der Waals surface area contributed by atoms with Crippen molar-refractivity contribution in [2.45, 2.75) is 29.1 Å². The van der Waals surface area contributed by atoms with Crippen molar-refractivity contribution in [3.8, 4) is 0 Å². The number of halogens is 2. The fraction of sp³-hybridized carbons (Fsp3) is 0.318. The number of amides is 2. The minimum absolute atomic E-state index is 0.123. The quantitative estimate of drug-likeness (QED) is 0.175. The van der Waals surface area contributed by atoms with Crippen LogP contribution in [0.3, 0.4) is 0 Å². The summed E-state index contributed by atoms with van der Waals surface area (Å²) in [5, 5.41) is 11.1. The van der Waals surface area contributed by atoms with Crippen LogP contribution in [0.4, 0.5) is 11.4 Å². The Morgan fingerprint density at radius 1 is 1.00 bits per heavy atom. The van der Waals surface area contributed by atoms with E-state index in [0.717, 1.165) is 0 Å². The zero-order chi connectivity index (χ0) is 23.0. The molecule has 1 saturated carbocycles. The van der Waals surface area contributed by atoms with Gasteiger partial charge in [0.15, 0.2) is 0 Å². The van der Waals surface area contributed by atoms with E-state index in [1.807, 2.05) is 0 Å². The van der Waals surface area contributed by atoms with Crippen molar-refractivity contribution in [1.82, 2.24) is 0 Å². The van der Waals surface area contributed by atoms with Gasteiger partial charge in [0.2, 0.25) is 11.8 Å². The minimum atomic E-state index is -0.660. The highest BCUT2D eigenvalue weighted by Gasteiger charge is 2.52. The average molecular weight is 566 g/mol. The maximum absolute atomic E-state index is 12.9. The molecule has 8 nitrogen and oxygen atoms in total. The van der Waals surface area contributed by atoms with Gasteiger partial charge in [0.05, 0.1) is 33.6 Å². The number of rotatable bonds is 5. The number of nitro groups is 1. The van der Waals surface area contributed by atoms with E-state index in [1.54, 1.807) is 6.07 Å². The third-order valence-corrected chi connectivity index (χ3v) is 8.55.